The maximum absolute atomic E-state index is 13.1. The van der Waals surface area contributed by atoms with E-state index in [1.54, 1.807) is 18.2 Å². The number of nitrogens with one attached hydrogen (secondary N) is 1. The number of hydrogen-bond acceptors (Lipinski definition) is 4. The lowest BCUT2D eigenvalue weighted by Gasteiger charge is -2.15. The molecule has 0 saturated carbocycles. The summed E-state index contributed by atoms with van der Waals surface area (Å²) >= 11 is 5.66. The maximum Gasteiger partial charge on any atom is 0.342 e. The molecule has 0 aromatic heterocycles. The van der Waals surface area contributed by atoms with Crippen molar-refractivity contribution in [1.82, 2.24) is 0 Å². The second kappa shape index (κ2) is 7.98. The molecule has 0 aliphatic rings. The van der Waals surface area contributed by atoms with Gasteiger partial charge in [0.15, 0.2) is 6.10 Å². The standard InChI is InChI=1S/C18H17ClFNO4/c1-10-4-7-16(24-3)13(8-10)18(23)25-11(2)17(22)21-12-5-6-15(20)14(19)9-12/h4-9,11H,1-3H3,(H,21,22)/t11-/m0/s1. The molecule has 0 bridgehead atoms. The van der Waals surface area contributed by atoms with Gasteiger partial charge in [0.2, 0.25) is 0 Å². The van der Waals surface area contributed by atoms with Gasteiger partial charge in [-0.05, 0) is 44.2 Å². The van der Waals surface area contributed by atoms with Gasteiger partial charge in [-0.3, -0.25) is 4.79 Å². The first-order valence-electron chi connectivity index (χ1n) is 7.43. The molecule has 0 aliphatic heterocycles. The number of anilines is 1. The van der Waals surface area contributed by atoms with E-state index < -0.39 is 23.8 Å². The fourth-order valence-corrected chi connectivity index (χ4v) is 2.26. The first kappa shape index (κ1) is 18.7. The Bertz CT molecular complexity index is 810. The van der Waals surface area contributed by atoms with Gasteiger partial charge < -0.3 is 14.8 Å². The van der Waals surface area contributed by atoms with E-state index in [9.17, 15) is 14.0 Å². The molecular formula is C18H17ClFNO4. The molecule has 0 spiro atoms. The number of carbonyl (C=O) groups is 2. The fourth-order valence-electron chi connectivity index (χ4n) is 2.08. The average molecular weight is 366 g/mol. The van der Waals surface area contributed by atoms with Crippen LogP contribution in [0.15, 0.2) is 36.4 Å². The Morgan fingerprint density at radius 1 is 1.20 bits per heavy atom. The van der Waals surface area contributed by atoms with Crippen LogP contribution >= 0.6 is 11.6 Å². The van der Waals surface area contributed by atoms with Gasteiger partial charge in [0.05, 0.1) is 12.1 Å². The van der Waals surface area contributed by atoms with E-state index in [-0.39, 0.29) is 10.6 Å². The molecule has 25 heavy (non-hydrogen) atoms. The van der Waals surface area contributed by atoms with Crippen molar-refractivity contribution in [2.24, 2.45) is 0 Å². The zero-order valence-electron chi connectivity index (χ0n) is 13.9. The van der Waals surface area contributed by atoms with E-state index in [2.05, 4.69) is 5.32 Å². The van der Waals surface area contributed by atoms with E-state index >= 15 is 0 Å². The summed E-state index contributed by atoms with van der Waals surface area (Å²) in [6.07, 6.45) is -1.07. The normalized spacial score (nSPS) is 11.6. The number of rotatable bonds is 5. The largest absolute Gasteiger partial charge is 0.496 e. The van der Waals surface area contributed by atoms with Crippen LogP contribution < -0.4 is 10.1 Å². The van der Waals surface area contributed by atoms with E-state index in [1.807, 2.05) is 6.92 Å². The Kier molecular flexibility index (Phi) is 5.98. The first-order valence-corrected chi connectivity index (χ1v) is 7.81. The minimum atomic E-state index is -1.07. The highest BCUT2D eigenvalue weighted by molar-refractivity contribution is 6.31. The molecule has 7 heteroatoms. The van der Waals surface area contributed by atoms with Gasteiger partial charge in [-0.15, -0.1) is 0 Å². The van der Waals surface area contributed by atoms with Crippen LogP contribution in [0.25, 0.3) is 0 Å². The number of ether oxygens (including phenoxy) is 2. The van der Waals surface area contributed by atoms with Crippen molar-refractivity contribution in [3.8, 4) is 5.75 Å². The predicted molar refractivity (Wildman–Crippen MR) is 92.6 cm³/mol. The van der Waals surface area contributed by atoms with Crippen LogP contribution in [0.2, 0.25) is 5.02 Å². The van der Waals surface area contributed by atoms with E-state index in [4.69, 9.17) is 21.1 Å². The van der Waals surface area contributed by atoms with Crippen molar-refractivity contribution in [1.29, 1.82) is 0 Å². The molecular weight excluding hydrogens is 349 g/mol. The second-order valence-electron chi connectivity index (χ2n) is 5.37. The third kappa shape index (κ3) is 4.70. The summed E-state index contributed by atoms with van der Waals surface area (Å²) in [7, 11) is 1.44. The van der Waals surface area contributed by atoms with Crippen molar-refractivity contribution in [2.75, 3.05) is 12.4 Å². The van der Waals surface area contributed by atoms with Gasteiger partial charge >= 0.3 is 5.97 Å². The smallest absolute Gasteiger partial charge is 0.342 e. The lowest BCUT2D eigenvalue weighted by molar-refractivity contribution is -0.123. The third-order valence-corrected chi connectivity index (χ3v) is 3.70. The van der Waals surface area contributed by atoms with E-state index in [1.165, 1.54) is 26.2 Å². The molecule has 1 amide bonds. The Labute approximate surface area is 149 Å². The quantitative estimate of drug-likeness (QED) is 0.814. The van der Waals surface area contributed by atoms with E-state index in [0.29, 0.717) is 11.4 Å². The number of benzene rings is 2. The summed E-state index contributed by atoms with van der Waals surface area (Å²) in [6.45, 7) is 3.26. The minimum absolute atomic E-state index is 0.119. The first-order chi connectivity index (χ1) is 11.8. The van der Waals surface area contributed by atoms with Gasteiger partial charge in [-0.1, -0.05) is 23.2 Å². The summed E-state index contributed by atoms with van der Waals surface area (Å²) in [6, 6.07) is 8.82. The minimum Gasteiger partial charge on any atom is -0.496 e. The molecule has 2 rings (SSSR count). The second-order valence-corrected chi connectivity index (χ2v) is 5.78. The molecule has 2 aromatic rings. The lowest BCUT2D eigenvalue weighted by Crippen LogP contribution is -2.30. The van der Waals surface area contributed by atoms with Crippen molar-refractivity contribution in [3.05, 3.63) is 58.4 Å². The Morgan fingerprint density at radius 3 is 2.56 bits per heavy atom. The molecule has 0 saturated heterocycles. The van der Waals surface area contributed by atoms with Crippen molar-refractivity contribution < 1.29 is 23.5 Å². The molecule has 1 N–H and O–H groups in total. The van der Waals surface area contributed by atoms with Crippen LogP contribution in [0.5, 0.6) is 5.75 Å². The molecule has 1 atom stereocenters. The van der Waals surface area contributed by atoms with Crippen LogP contribution in [0.1, 0.15) is 22.8 Å². The molecule has 5 nitrogen and oxygen atoms in total. The van der Waals surface area contributed by atoms with Crippen molar-refractivity contribution in [2.45, 2.75) is 20.0 Å². The molecule has 0 radical (unpaired) electrons. The highest BCUT2D eigenvalue weighted by Gasteiger charge is 2.21. The summed E-state index contributed by atoms with van der Waals surface area (Å²) in [5, 5.41) is 2.39. The highest BCUT2D eigenvalue weighted by atomic mass is 35.5. The zero-order chi connectivity index (χ0) is 18.6. The van der Waals surface area contributed by atoms with Crippen LogP contribution in [-0.2, 0) is 9.53 Å². The number of amides is 1. The van der Waals surface area contributed by atoms with Crippen LogP contribution in [0.3, 0.4) is 0 Å². The average Bonchev–Trinajstić information content (AvgIpc) is 2.58. The maximum atomic E-state index is 13.1. The number of methoxy groups -OCH3 is 1. The Hall–Kier alpha value is -2.60. The van der Waals surface area contributed by atoms with Crippen LogP contribution in [-0.4, -0.2) is 25.1 Å². The number of aryl methyl sites for hydroxylation is 1. The topological polar surface area (TPSA) is 64.6 Å². The van der Waals surface area contributed by atoms with Gasteiger partial charge in [0.25, 0.3) is 5.91 Å². The van der Waals surface area contributed by atoms with Gasteiger partial charge in [-0.2, -0.15) is 0 Å². The molecule has 0 unspecified atom stereocenters. The highest BCUT2D eigenvalue weighted by Crippen LogP contribution is 2.22. The number of esters is 1. The predicted octanol–water partition coefficient (Wildman–Crippen LogP) is 3.98. The number of hydrogen-bond donors (Lipinski definition) is 1. The van der Waals surface area contributed by atoms with Gasteiger partial charge in [0.1, 0.15) is 17.1 Å². The molecule has 0 fully saturated rings. The summed E-state index contributed by atoms with van der Waals surface area (Å²) in [5.74, 6) is -1.48. The lowest BCUT2D eigenvalue weighted by atomic mass is 10.1. The zero-order valence-corrected chi connectivity index (χ0v) is 14.7. The monoisotopic (exact) mass is 365 g/mol. The Balaban J connectivity index is 2.06. The number of carbonyl (C=O) groups excluding carboxylic acids is 2. The molecule has 0 aliphatic carbocycles. The van der Waals surface area contributed by atoms with E-state index in [0.717, 1.165) is 11.6 Å². The van der Waals surface area contributed by atoms with Gasteiger partial charge in [0, 0.05) is 5.69 Å². The molecule has 2 aromatic carbocycles. The van der Waals surface area contributed by atoms with Crippen LogP contribution in [0.4, 0.5) is 10.1 Å². The molecule has 132 valence electrons. The van der Waals surface area contributed by atoms with Crippen molar-refractivity contribution in [3.63, 3.8) is 0 Å². The number of halogens is 2. The molecule has 0 heterocycles. The van der Waals surface area contributed by atoms with Gasteiger partial charge in [-0.25, -0.2) is 9.18 Å². The van der Waals surface area contributed by atoms with Crippen molar-refractivity contribution >= 4 is 29.2 Å². The SMILES string of the molecule is COc1ccc(C)cc1C(=O)O[C@@H](C)C(=O)Nc1ccc(F)c(Cl)c1. The third-order valence-electron chi connectivity index (χ3n) is 3.42. The van der Waals surface area contributed by atoms with Crippen LogP contribution in [0, 0.1) is 12.7 Å². The summed E-state index contributed by atoms with van der Waals surface area (Å²) < 4.78 is 23.4. The summed E-state index contributed by atoms with van der Waals surface area (Å²) in [5.41, 5.74) is 1.38. The summed E-state index contributed by atoms with van der Waals surface area (Å²) in [4.78, 5) is 24.4. The Morgan fingerprint density at radius 2 is 1.92 bits per heavy atom. The fraction of sp³-hybridized carbons (Fsp3) is 0.222.